The minimum Gasteiger partial charge on any atom is -0.508 e. The Morgan fingerprint density at radius 1 is 1.57 bits per heavy atom. The predicted octanol–water partition coefficient (Wildman–Crippen LogP) is 2.94. The van der Waals surface area contributed by atoms with E-state index in [1.54, 1.807) is 6.07 Å². The van der Waals surface area contributed by atoms with Crippen molar-refractivity contribution >= 4 is 11.6 Å². The largest absolute Gasteiger partial charge is 0.508 e. The molecule has 3 N–H and O–H groups in total. The molecule has 1 atom stereocenters. The van der Waals surface area contributed by atoms with Crippen LogP contribution in [0, 0.1) is 0 Å². The van der Waals surface area contributed by atoms with E-state index < -0.39 is 0 Å². The van der Waals surface area contributed by atoms with Gasteiger partial charge in [-0.25, -0.2) is 0 Å². The maximum Gasteiger partial charge on any atom is 0.219 e. The van der Waals surface area contributed by atoms with Crippen LogP contribution < -0.4 is 10.6 Å². The molecular weight excluding hydrogens is 264 g/mol. The van der Waals surface area contributed by atoms with Gasteiger partial charge in [0.25, 0.3) is 0 Å². The third-order valence-corrected chi connectivity index (χ3v) is 3.92. The number of carbonyl (C=O) groups is 1. The van der Waals surface area contributed by atoms with Crippen LogP contribution in [-0.4, -0.2) is 24.1 Å². The highest BCUT2D eigenvalue weighted by Gasteiger charge is 2.26. The van der Waals surface area contributed by atoms with E-state index in [9.17, 15) is 9.90 Å². The van der Waals surface area contributed by atoms with Crippen LogP contribution in [0.15, 0.2) is 24.8 Å². The number of aromatic hydroxyl groups is 1. The molecule has 0 aromatic heterocycles. The summed E-state index contributed by atoms with van der Waals surface area (Å²) < 4.78 is 0. The third kappa shape index (κ3) is 3.57. The van der Waals surface area contributed by atoms with E-state index in [1.807, 2.05) is 19.1 Å². The first-order valence-corrected chi connectivity index (χ1v) is 7.63. The van der Waals surface area contributed by atoms with Gasteiger partial charge in [0.2, 0.25) is 5.91 Å². The van der Waals surface area contributed by atoms with E-state index in [-0.39, 0.29) is 5.91 Å². The number of nitrogens with one attached hydrogen (secondary N) is 2. The second kappa shape index (κ2) is 7.16. The number of allylic oxidation sites excluding steroid dienone is 1. The predicted molar refractivity (Wildman–Crippen MR) is 85.8 cm³/mol. The quantitative estimate of drug-likeness (QED) is 0.534. The number of benzene rings is 1. The molecule has 0 bridgehead atoms. The molecule has 4 heteroatoms. The van der Waals surface area contributed by atoms with Gasteiger partial charge < -0.3 is 15.7 Å². The van der Waals surface area contributed by atoms with Gasteiger partial charge in [0.05, 0.1) is 0 Å². The molecule has 0 unspecified atom stereocenters. The summed E-state index contributed by atoms with van der Waals surface area (Å²) >= 11 is 0. The Balaban J connectivity index is 2.05. The summed E-state index contributed by atoms with van der Waals surface area (Å²) in [6, 6.07) is 3.66. The van der Waals surface area contributed by atoms with Gasteiger partial charge in [-0.15, -0.1) is 6.58 Å². The van der Waals surface area contributed by atoms with Crippen LogP contribution in [0.5, 0.6) is 5.75 Å². The van der Waals surface area contributed by atoms with Crippen molar-refractivity contribution in [2.75, 3.05) is 18.4 Å². The zero-order chi connectivity index (χ0) is 15.2. The van der Waals surface area contributed by atoms with E-state index in [2.05, 4.69) is 17.2 Å². The SMILES string of the molecule is C=CCc1c(O)ccc2c1[C@H](CCNC(=O)CCC)CN2. The number of carbonyl (C=O) groups excluding carboxylic acids is 1. The molecule has 0 aliphatic carbocycles. The summed E-state index contributed by atoms with van der Waals surface area (Å²) in [5, 5.41) is 16.4. The molecule has 0 fully saturated rings. The van der Waals surface area contributed by atoms with Crippen molar-refractivity contribution in [3.63, 3.8) is 0 Å². The van der Waals surface area contributed by atoms with Crippen LogP contribution in [0.3, 0.4) is 0 Å². The Morgan fingerprint density at radius 2 is 2.38 bits per heavy atom. The Kier molecular flexibility index (Phi) is 5.26. The van der Waals surface area contributed by atoms with E-state index in [1.165, 1.54) is 5.56 Å². The normalized spacial score (nSPS) is 16.1. The lowest BCUT2D eigenvalue weighted by Crippen LogP contribution is -2.25. The standard InChI is InChI=1S/C17H24N2O2/c1-3-5-13-15(20)8-7-14-17(13)12(11-19-14)9-10-18-16(21)6-4-2/h3,7-8,12,19-20H,1,4-6,9-11H2,2H3,(H,18,21)/t12-/m1/s1. The van der Waals surface area contributed by atoms with Gasteiger partial charge in [0.1, 0.15) is 5.75 Å². The van der Waals surface area contributed by atoms with Crippen LogP contribution in [0.4, 0.5) is 5.69 Å². The van der Waals surface area contributed by atoms with Crippen molar-refractivity contribution in [1.29, 1.82) is 0 Å². The summed E-state index contributed by atoms with van der Waals surface area (Å²) in [6.07, 6.45) is 4.81. The molecule has 1 heterocycles. The summed E-state index contributed by atoms with van der Waals surface area (Å²) in [5.74, 6) is 0.771. The van der Waals surface area contributed by atoms with E-state index >= 15 is 0 Å². The van der Waals surface area contributed by atoms with Gasteiger partial charge in [-0.2, -0.15) is 0 Å². The topological polar surface area (TPSA) is 61.4 Å². The Bertz CT molecular complexity index is 526. The number of fused-ring (bicyclic) bond motifs is 1. The Labute approximate surface area is 126 Å². The van der Waals surface area contributed by atoms with Gasteiger partial charge in [0, 0.05) is 36.7 Å². The highest BCUT2D eigenvalue weighted by atomic mass is 16.3. The first-order chi connectivity index (χ1) is 10.2. The number of hydrogen-bond donors (Lipinski definition) is 3. The molecule has 1 aromatic rings. The first-order valence-electron chi connectivity index (χ1n) is 7.63. The maximum atomic E-state index is 11.5. The molecule has 0 saturated carbocycles. The Hall–Kier alpha value is -1.97. The molecule has 1 amide bonds. The Morgan fingerprint density at radius 3 is 3.10 bits per heavy atom. The lowest BCUT2D eigenvalue weighted by molar-refractivity contribution is -0.121. The summed E-state index contributed by atoms with van der Waals surface area (Å²) in [4.78, 5) is 11.5. The fourth-order valence-corrected chi connectivity index (χ4v) is 2.92. The highest BCUT2D eigenvalue weighted by Crippen LogP contribution is 2.40. The highest BCUT2D eigenvalue weighted by molar-refractivity contribution is 5.75. The van der Waals surface area contributed by atoms with Crippen molar-refractivity contribution in [1.82, 2.24) is 5.32 Å². The van der Waals surface area contributed by atoms with Crippen LogP contribution in [0.25, 0.3) is 0 Å². The zero-order valence-corrected chi connectivity index (χ0v) is 12.6. The number of phenols is 1. The number of hydrogen-bond acceptors (Lipinski definition) is 3. The number of phenolic OH excluding ortho intramolecular Hbond substituents is 1. The lowest BCUT2D eigenvalue weighted by atomic mass is 9.91. The van der Waals surface area contributed by atoms with E-state index in [4.69, 9.17) is 0 Å². The molecule has 114 valence electrons. The minimum atomic E-state index is 0.117. The second-order valence-electron chi connectivity index (χ2n) is 5.48. The second-order valence-corrected chi connectivity index (χ2v) is 5.48. The molecule has 0 spiro atoms. The fraction of sp³-hybridized carbons (Fsp3) is 0.471. The summed E-state index contributed by atoms with van der Waals surface area (Å²) in [6.45, 7) is 7.29. The van der Waals surface area contributed by atoms with Gasteiger partial charge >= 0.3 is 0 Å². The number of amides is 1. The fourth-order valence-electron chi connectivity index (χ4n) is 2.92. The summed E-state index contributed by atoms with van der Waals surface area (Å²) in [7, 11) is 0. The monoisotopic (exact) mass is 288 g/mol. The molecule has 21 heavy (non-hydrogen) atoms. The number of anilines is 1. The van der Waals surface area contributed by atoms with Crippen molar-refractivity contribution in [3.8, 4) is 5.75 Å². The van der Waals surface area contributed by atoms with Crippen molar-refractivity contribution < 1.29 is 9.90 Å². The minimum absolute atomic E-state index is 0.117. The molecule has 1 aliphatic heterocycles. The molecular formula is C17H24N2O2. The molecule has 0 saturated heterocycles. The van der Waals surface area contributed by atoms with Gasteiger partial charge in [-0.05, 0) is 37.0 Å². The van der Waals surface area contributed by atoms with Gasteiger partial charge in [0.15, 0.2) is 0 Å². The van der Waals surface area contributed by atoms with Crippen LogP contribution in [0.1, 0.15) is 43.2 Å². The zero-order valence-electron chi connectivity index (χ0n) is 12.6. The summed E-state index contributed by atoms with van der Waals surface area (Å²) in [5.41, 5.74) is 3.23. The molecule has 4 nitrogen and oxygen atoms in total. The molecule has 1 aromatic carbocycles. The van der Waals surface area contributed by atoms with Gasteiger partial charge in [-0.3, -0.25) is 4.79 Å². The maximum absolute atomic E-state index is 11.5. The first kappa shape index (κ1) is 15.4. The smallest absolute Gasteiger partial charge is 0.219 e. The van der Waals surface area contributed by atoms with Gasteiger partial charge in [-0.1, -0.05) is 13.0 Å². The van der Waals surface area contributed by atoms with Crippen LogP contribution in [-0.2, 0) is 11.2 Å². The van der Waals surface area contributed by atoms with E-state index in [0.29, 0.717) is 31.1 Å². The van der Waals surface area contributed by atoms with E-state index in [0.717, 1.165) is 30.6 Å². The van der Waals surface area contributed by atoms with Crippen molar-refractivity contribution in [2.24, 2.45) is 0 Å². The average Bonchev–Trinajstić information content (AvgIpc) is 2.86. The molecule has 1 aliphatic rings. The van der Waals surface area contributed by atoms with Crippen molar-refractivity contribution in [3.05, 3.63) is 35.9 Å². The van der Waals surface area contributed by atoms with Crippen molar-refractivity contribution in [2.45, 2.75) is 38.5 Å². The third-order valence-electron chi connectivity index (χ3n) is 3.92. The van der Waals surface area contributed by atoms with Crippen LogP contribution >= 0.6 is 0 Å². The molecule has 2 rings (SSSR count). The lowest BCUT2D eigenvalue weighted by Gasteiger charge is -2.15. The number of rotatable bonds is 7. The molecule has 0 radical (unpaired) electrons. The average molecular weight is 288 g/mol. The van der Waals surface area contributed by atoms with Crippen LogP contribution in [0.2, 0.25) is 0 Å².